The number of sulfonamides is 1. The monoisotopic (exact) mass is 335 g/mol. The van der Waals surface area contributed by atoms with E-state index in [9.17, 15) is 13.2 Å². The predicted molar refractivity (Wildman–Crippen MR) is 85.7 cm³/mol. The highest BCUT2D eigenvalue weighted by molar-refractivity contribution is 7.89. The molecule has 1 aromatic carbocycles. The highest BCUT2D eigenvalue weighted by atomic mass is 35.5. The molecule has 4 N–H and O–H groups in total. The van der Waals surface area contributed by atoms with Gasteiger partial charge in [-0.2, -0.15) is 0 Å². The lowest BCUT2D eigenvalue weighted by Gasteiger charge is -2.12. The van der Waals surface area contributed by atoms with Gasteiger partial charge in [0, 0.05) is 25.6 Å². The first kappa shape index (κ1) is 19.9. The Hall–Kier alpha value is -1.15. The lowest BCUT2D eigenvalue weighted by Crippen LogP contribution is -2.36. The van der Waals surface area contributed by atoms with Gasteiger partial charge < -0.3 is 11.1 Å². The van der Waals surface area contributed by atoms with E-state index >= 15 is 0 Å². The largest absolute Gasteiger partial charge is 0.355 e. The summed E-state index contributed by atoms with van der Waals surface area (Å²) >= 11 is 0. The number of halogens is 1. The van der Waals surface area contributed by atoms with Crippen molar-refractivity contribution in [1.82, 2.24) is 10.0 Å². The van der Waals surface area contributed by atoms with Crippen LogP contribution in [0.2, 0.25) is 0 Å². The number of amides is 1. The van der Waals surface area contributed by atoms with Gasteiger partial charge in [0.1, 0.15) is 0 Å². The van der Waals surface area contributed by atoms with Crippen molar-refractivity contribution in [1.29, 1.82) is 0 Å². The Labute approximate surface area is 132 Å². The lowest BCUT2D eigenvalue weighted by atomic mass is 10.0. The van der Waals surface area contributed by atoms with Crippen molar-refractivity contribution in [3.63, 3.8) is 0 Å². The molecule has 0 saturated carbocycles. The number of carbonyl (C=O) groups excluding carboxylic acids is 1. The topological polar surface area (TPSA) is 101 Å². The summed E-state index contributed by atoms with van der Waals surface area (Å²) in [6, 6.07) is 9.00. The molecule has 0 aliphatic carbocycles. The fourth-order valence-electron chi connectivity index (χ4n) is 1.60. The second kappa shape index (κ2) is 9.73. The average molecular weight is 336 g/mol. The summed E-state index contributed by atoms with van der Waals surface area (Å²) in [7, 11) is -3.21. The van der Waals surface area contributed by atoms with E-state index in [4.69, 9.17) is 5.73 Å². The Balaban J connectivity index is 0.00000400. The van der Waals surface area contributed by atoms with Crippen LogP contribution in [0.5, 0.6) is 0 Å². The molecule has 0 heterocycles. The molecule has 1 atom stereocenters. The Morgan fingerprint density at radius 1 is 1.24 bits per heavy atom. The van der Waals surface area contributed by atoms with E-state index in [0.717, 1.165) is 5.56 Å². The molecule has 0 radical (unpaired) electrons. The van der Waals surface area contributed by atoms with E-state index in [-0.39, 0.29) is 49.6 Å². The first-order valence-electron chi connectivity index (χ1n) is 6.49. The van der Waals surface area contributed by atoms with Crippen LogP contribution < -0.4 is 15.8 Å². The number of carbonyl (C=O) groups is 1. The van der Waals surface area contributed by atoms with E-state index < -0.39 is 10.0 Å². The van der Waals surface area contributed by atoms with Crippen molar-refractivity contribution >= 4 is 28.3 Å². The van der Waals surface area contributed by atoms with Gasteiger partial charge in [0.05, 0.1) is 5.75 Å². The summed E-state index contributed by atoms with van der Waals surface area (Å²) in [6.45, 7) is 1.99. The molecule has 0 aromatic heterocycles. The van der Waals surface area contributed by atoms with Crippen LogP contribution in [0.25, 0.3) is 0 Å². The minimum absolute atomic E-state index is 0. The number of hydrogen-bond acceptors (Lipinski definition) is 4. The van der Waals surface area contributed by atoms with Crippen molar-refractivity contribution < 1.29 is 13.2 Å². The fraction of sp³-hybridized carbons (Fsp3) is 0.462. The maximum Gasteiger partial charge on any atom is 0.221 e. The van der Waals surface area contributed by atoms with Gasteiger partial charge in [-0.15, -0.1) is 12.4 Å². The Bertz CT molecular complexity index is 523. The average Bonchev–Trinajstić information content (AvgIpc) is 2.44. The molecule has 0 aliphatic heterocycles. The Morgan fingerprint density at radius 2 is 1.86 bits per heavy atom. The fourth-order valence-corrected chi connectivity index (χ4v) is 2.22. The van der Waals surface area contributed by atoms with Crippen LogP contribution in [-0.4, -0.2) is 33.2 Å². The molecule has 21 heavy (non-hydrogen) atoms. The minimum Gasteiger partial charge on any atom is -0.355 e. The summed E-state index contributed by atoms with van der Waals surface area (Å²) in [6.07, 6.45) is 0.171. The van der Waals surface area contributed by atoms with Crippen LogP contribution >= 0.6 is 12.4 Å². The number of benzene rings is 1. The van der Waals surface area contributed by atoms with Gasteiger partial charge in [-0.1, -0.05) is 30.3 Å². The summed E-state index contributed by atoms with van der Waals surface area (Å²) < 4.78 is 24.7. The van der Waals surface area contributed by atoms with E-state index in [2.05, 4.69) is 10.0 Å². The van der Waals surface area contributed by atoms with Crippen LogP contribution in [-0.2, 0) is 14.8 Å². The first-order chi connectivity index (χ1) is 9.44. The normalized spacial score (nSPS) is 12.3. The molecule has 8 heteroatoms. The lowest BCUT2D eigenvalue weighted by molar-refractivity contribution is -0.121. The van der Waals surface area contributed by atoms with Gasteiger partial charge in [0.25, 0.3) is 0 Å². The number of nitrogens with one attached hydrogen (secondary N) is 2. The zero-order chi connectivity index (χ0) is 15.0. The summed E-state index contributed by atoms with van der Waals surface area (Å²) in [4.78, 5) is 11.7. The van der Waals surface area contributed by atoms with Crippen molar-refractivity contribution in [3.8, 4) is 0 Å². The molecule has 0 spiro atoms. The summed E-state index contributed by atoms with van der Waals surface area (Å²) in [5.74, 6) is -0.170. The van der Waals surface area contributed by atoms with Gasteiger partial charge in [-0.05, 0) is 12.5 Å². The zero-order valence-corrected chi connectivity index (χ0v) is 13.5. The second-order valence-corrected chi connectivity index (χ2v) is 6.46. The highest BCUT2D eigenvalue weighted by Crippen LogP contribution is 2.12. The van der Waals surface area contributed by atoms with E-state index in [1.165, 1.54) is 0 Å². The third-order valence-corrected chi connectivity index (χ3v) is 4.19. The molecule has 6 nitrogen and oxygen atoms in total. The van der Waals surface area contributed by atoms with Gasteiger partial charge in [0.15, 0.2) is 0 Å². The highest BCUT2D eigenvalue weighted by Gasteiger charge is 2.11. The quantitative estimate of drug-likeness (QED) is 0.604. The second-order valence-electron chi connectivity index (χ2n) is 4.37. The van der Waals surface area contributed by atoms with Crippen molar-refractivity contribution in [2.24, 2.45) is 5.73 Å². The standard InChI is InChI=1S/C13H21N3O3S.ClH/c1-2-20(18,19)16-9-8-15-13(17)10-12(14)11-6-4-3-5-7-11;/h3-7,12,16H,2,8-10,14H2,1H3,(H,15,17);1H. The summed E-state index contributed by atoms with van der Waals surface area (Å²) in [5, 5.41) is 2.63. The third-order valence-electron chi connectivity index (χ3n) is 2.78. The van der Waals surface area contributed by atoms with E-state index in [0.29, 0.717) is 0 Å². The Morgan fingerprint density at radius 3 is 2.43 bits per heavy atom. The molecule has 0 saturated heterocycles. The van der Waals surface area contributed by atoms with Crippen molar-refractivity contribution in [2.75, 3.05) is 18.8 Å². The molecule has 1 aromatic rings. The predicted octanol–water partition coefficient (Wildman–Crippen LogP) is 0.554. The molecule has 1 amide bonds. The van der Waals surface area contributed by atoms with Gasteiger partial charge >= 0.3 is 0 Å². The molecular weight excluding hydrogens is 314 g/mol. The molecule has 120 valence electrons. The maximum absolute atomic E-state index is 11.7. The van der Waals surface area contributed by atoms with Crippen LogP contribution in [0.4, 0.5) is 0 Å². The molecule has 1 rings (SSSR count). The zero-order valence-electron chi connectivity index (χ0n) is 11.9. The SMILES string of the molecule is CCS(=O)(=O)NCCNC(=O)CC(N)c1ccccc1.Cl. The third kappa shape index (κ3) is 8.01. The van der Waals surface area contributed by atoms with Gasteiger partial charge in [-0.25, -0.2) is 13.1 Å². The van der Waals surface area contributed by atoms with Gasteiger partial charge in [0.2, 0.25) is 15.9 Å². The smallest absolute Gasteiger partial charge is 0.221 e. The van der Waals surface area contributed by atoms with Crippen molar-refractivity contribution in [3.05, 3.63) is 35.9 Å². The van der Waals surface area contributed by atoms with E-state index in [1.54, 1.807) is 6.92 Å². The van der Waals surface area contributed by atoms with Crippen LogP contribution in [0.3, 0.4) is 0 Å². The molecular formula is C13H22ClN3O3S. The van der Waals surface area contributed by atoms with E-state index in [1.807, 2.05) is 30.3 Å². The summed E-state index contributed by atoms with van der Waals surface area (Å²) in [5.41, 5.74) is 6.82. The molecule has 0 fully saturated rings. The minimum atomic E-state index is -3.21. The van der Waals surface area contributed by atoms with Crippen LogP contribution in [0, 0.1) is 0 Å². The number of hydrogen-bond donors (Lipinski definition) is 3. The molecule has 0 bridgehead atoms. The number of rotatable bonds is 8. The maximum atomic E-state index is 11.7. The Kier molecular flexibility index (Phi) is 9.19. The van der Waals surface area contributed by atoms with Crippen LogP contribution in [0.15, 0.2) is 30.3 Å². The first-order valence-corrected chi connectivity index (χ1v) is 8.14. The number of nitrogens with two attached hydrogens (primary N) is 1. The van der Waals surface area contributed by atoms with Crippen LogP contribution in [0.1, 0.15) is 24.9 Å². The molecule has 0 aliphatic rings. The van der Waals surface area contributed by atoms with Gasteiger partial charge in [-0.3, -0.25) is 4.79 Å². The van der Waals surface area contributed by atoms with Crippen molar-refractivity contribution in [2.45, 2.75) is 19.4 Å². The molecule has 1 unspecified atom stereocenters.